The molecule has 204 valence electrons. The summed E-state index contributed by atoms with van der Waals surface area (Å²) in [5.41, 5.74) is 4.08. The molecule has 1 aliphatic heterocycles. The fourth-order valence-corrected chi connectivity index (χ4v) is 5.53. The highest BCUT2D eigenvalue weighted by Gasteiger charge is 2.45. The Morgan fingerprint density at radius 2 is 1.97 bits per heavy atom. The first-order chi connectivity index (χ1) is 17.8. The number of fused-ring (bicyclic) bond motifs is 1. The van der Waals surface area contributed by atoms with Crippen molar-refractivity contribution in [2.45, 2.75) is 24.5 Å². The van der Waals surface area contributed by atoms with Crippen molar-refractivity contribution in [3.8, 4) is 0 Å². The van der Waals surface area contributed by atoms with E-state index in [1.807, 2.05) is 0 Å². The lowest BCUT2D eigenvalue weighted by atomic mass is 9.92. The van der Waals surface area contributed by atoms with Gasteiger partial charge in [0.1, 0.15) is 28.7 Å². The van der Waals surface area contributed by atoms with Crippen LogP contribution in [0.5, 0.6) is 0 Å². The van der Waals surface area contributed by atoms with E-state index in [0.717, 1.165) is 12.3 Å². The second-order valence-corrected chi connectivity index (χ2v) is 11.0. The number of aromatic nitrogens is 3. The van der Waals surface area contributed by atoms with E-state index >= 15 is 0 Å². The van der Waals surface area contributed by atoms with E-state index in [1.165, 1.54) is 41.2 Å². The number of halogens is 3. The molecule has 3 N–H and O–H groups in total. The summed E-state index contributed by atoms with van der Waals surface area (Å²) in [6, 6.07) is 4.16. The molecule has 10 nitrogen and oxygen atoms in total. The number of anilines is 2. The van der Waals surface area contributed by atoms with E-state index in [9.17, 15) is 26.4 Å². The summed E-state index contributed by atoms with van der Waals surface area (Å²) in [5, 5.41) is 3.20. The van der Waals surface area contributed by atoms with E-state index in [0.29, 0.717) is 10.9 Å². The van der Waals surface area contributed by atoms with Crippen LogP contribution in [0.4, 0.5) is 24.8 Å². The zero-order valence-electron chi connectivity index (χ0n) is 20.9. The Morgan fingerprint density at radius 3 is 2.55 bits per heavy atom. The van der Waals surface area contributed by atoms with Crippen LogP contribution in [0.2, 0.25) is 0 Å². The van der Waals surface area contributed by atoms with Gasteiger partial charge in [-0.25, -0.2) is 31.4 Å². The molecule has 3 heterocycles. The van der Waals surface area contributed by atoms with Gasteiger partial charge in [0.05, 0.1) is 23.2 Å². The van der Waals surface area contributed by atoms with Crippen molar-refractivity contribution >= 4 is 32.7 Å². The number of ether oxygens (including phenoxy) is 1. The molecule has 1 unspecified atom stereocenters. The number of rotatable bonds is 8. The zero-order chi connectivity index (χ0) is 28.0. The van der Waals surface area contributed by atoms with Gasteiger partial charge in [-0.1, -0.05) is 24.3 Å². The topological polar surface area (TPSA) is 132 Å². The quantitative estimate of drug-likeness (QED) is 0.408. The number of hydrogen-bond acceptors (Lipinski definition) is 8. The first-order valence-electron chi connectivity index (χ1n) is 11.5. The van der Waals surface area contributed by atoms with Crippen LogP contribution >= 0.6 is 0 Å². The molecule has 3 aromatic rings. The lowest BCUT2D eigenvalue weighted by Gasteiger charge is -2.29. The van der Waals surface area contributed by atoms with Crippen LogP contribution < -0.4 is 16.7 Å². The average molecular weight is 553 g/mol. The maximum Gasteiger partial charge on any atom is 0.350 e. The van der Waals surface area contributed by atoms with Crippen LogP contribution in [0.25, 0.3) is 11.0 Å². The van der Waals surface area contributed by atoms with Gasteiger partial charge in [-0.3, -0.25) is 4.57 Å². The predicted octanol–water partition coefficient (Wildman–Crippen LogP) is 2.83. The molecule has 1 fully saturated rings. The molecule has 38 heavy (non-hydrogen) atoms. The monoisotopic (exact) mass is 552 g/mol. The Labute approximate surface area is 217 Å². The zero-order valence-corrected chi connectivity index (χ0v) is 21.7. The third kappa shape index (κ3) is 4.74. The van der Waals surface area contributed by atoms with Crippen molar-refractivity contribution in [2.24, 2.45) is 7.05 Å². The number of nitrogens with two attached hydrogens (primary N) is 1. The van der Waals surface area contributed by atoms with E-state index in [2.05, 4.69) is 21.9 Å². The number of nitrogen functional groups attached to an aromatic ring is 1. The van der Waals surface area contributed by atoms with Gasteiger partial charge >= 0.3 is 5.69 Å². The highest BCUT2D eigenvalue weighted by atomic mass is 32.2. The number of aryl methyl sites for hydroxylation is 1. The first kappa shape index (κ1) is 27.5. The summed E-state index contributed by atoms with van der Waals surface area (Å²) >= 11 is 0. The van der Waals surface area contributed by atoms with Gasteiger partial charge in [-0.15, -0.1) is 6.58 Å². The molecule has 0 spiro atoms. The average Bonchev–Trinajstić information content (AvgIpc) is 3.32. The largest absolute Gasteiger partial charge is 0.383 e. The fraction of sp³-hybridized carbons (Fsp3) is 0.375. The smallest absolute Gasteiger partial charge is 0.350 e. The number of nitrogens with one attached hydrogen (secondary N) is 1. The molecule has 1 aliphatic rings. The highest BCUT2D eigenvalue weighted by molar-refractivity contribution is 7.88. The van der Waals surface area contributed by atoms with Crippen LogP contribution in [0.3, 0.4) is 0 Å². The number of pyridine rings is 1. The molecule has 0 amide bonds. The molecule has 1 saturated heterocycles. The second-order valence-electron chi connectivity index (χ2n) is 9.05. The fourth-order valence-electron chi connectivity index (χ4n) is 4.66. The number of benzene rings is 1. The minimum Gasteiger partial charge on any atom is -0.383 e. The standard InChI is InChI=1S/C24H27F3N6O4S/c1-5-17(13-7-6-8-14(18(13)25)19(26)27)29-21-15-11-16(20(28)30-22(15)32(2)23(34)31-21)24(37-3)9-10-33(12-24)38(4,35)36/h5-8,11,17,19H,1,9-10,12H2,2-4H3,(H2,28,30)(H,29,31,34)/t17-,24?/m1/s1. The van der Waals surface area contributed by atoms with Gasteiger partial charge in [0, 0.05) is 38.4 Å². The minimum atomic E-state index is -3.51. The number of hydrogen-bond donors (Lipinski definition) is 2. The molecule has 2 aromatic heterocycles. The van der Waals surface area contributed by atoms with E-state index in [1.54, 1.807) is 6.07 Å². The molecular weight excluding hydrogens is 525 g/mol. The Morgan fingerprint density at radius 1 is 1.29 bits per heavy atom. The minimum absolute atomic E-state index is 0.0113. The Hall–Kier alpha value is -3.49. The highest BCUT2D eigenvalue weighted by Crippen LogP contribution is 2.40. The Bertz CT molecular complexity index is 1580. The van der Waals surface area contributed by atoms with E-state index in [4.69, 9.17) is 10.5 Å². The SMILES string of the molecule is C=C[C@@H](Nc1nc(=O)n(C)c2nc(N)c(C3(OC)CCN(S(C)(=O)=O)C3)cc12)c1cccc(C(F)F)c1F. The molecule has 2 atom stereocenters. The second kappa shape index (κ2) is 10.0. The number of methoxy groups -OCH3 is 1. The lowest BCUT2D eigenvalue weighted by molar-refractivity contribution is -0.000466. The van der Waals surface area contributed by atoms with Gasteiger partial charge in [0.2, 0.25) is 10.0 Å². The van der Waals surface area contributed by atoms with Crippen molar-refractivity contribution < 1.29 is 26.3 Å². The number of nitrogens with zero attached hydrogens (tertiary/aromatic N) is 4. The normalized spacial score (nSPS) is 19.2. The van der Waals surface area contributed by atoms with Crippen LogP contribution in [-0.4, -0.2) is 53.7 Å². The predicted molar refractivity (Wildman–Crippen MR) is 137 cm³/mol. The summed E-state index contributed by atoms with van der Waals surface area (Å²) in [4.78, 5) is 21.1. The molecule has 1 aromatic carbocycles. The van der Waals surface area contributed by atoms with Gasteiger partial charge in [-0.2, -0.15) is 9.29 Å². The number of sulfonamides is 1. The van der Waals surface area contributed by atoms with Crippen molar-refractivity contribution in [2.75, 3.05) is 37.5 Å². The molecule has 0 radical (unpaired) electrons. The van der Waals surface area contributed by atoms with Gasteiger partial charge in [0.15, 0.2) is 0 Å². The van der Waals surface area contributed by atoms with Crippen LogP contribution in [0.1, 0.15) is 35.6 Å². The Kier molecular flexibility index (Phi) is 7.25. The lowest BCUT2D eigenvalue weighted by Crippen LogP contribution is -2.36. The van der Waals surface area contributed by atoms with Gasteiger partial charge in [-0.05, 0) is 12.5 Å². The van der Waals surface area contributed by atoms with E-state index < -0.39 is 45.2 Å². The molecule has 0 bridgehead atoms. The first-order valence-corrected chi connectivity index (χ1v) is 13.3. The molecule has 0 saturated carbocycles. The summed E-state index contributed by atoms with van der Waals surface area (Å²) < 4.78 is 74.0. The van der Waals surface area contributed by atoms with Crippen LogP contribution in [-0.2, 0) is 27.4 Å². The Balaban J connectivity index is 1.87. The maximum absolute atomic E-state index is 14.9. The summed E-state index contributed by atoms with van der Waals surface area (Å²) in [6.07, 6.45) is -0.347. The van der Waals surface area contributed by atoms with Crippen molar-refractivity contribution in [1.82, 2.24) is 18.8 Å². The molecule has 14 heteroatoms. The van der Waals surface area contributed by atoms with E-state index in [-0.39, 0.29) is 42.4 Å². The third-order valence-corrected chi connectivity index (χ3v) is 8.05. The van der Waals surface area contributed by atoms with Crippen molar-refractivity contribution in [1.29, 1.82) is 0 Å². The summed E-state index contributed by atoms with van der Waals surface area (Å²) in [6.45, 7) is 3.86. The number of alkyl halides is 2. The third-order valence-electron chi connectivity index (χ3n) is 6.80. The van der Waals surface area contributed by atoms with Crippen molar-refractivity contribution in [3.63, 3.8) is 0 Å². The molecular formula is C24H27F3N6O4S. The van der Waals surface area contributed by atoms with Crippen LogP contribution in [0.15, 0.2) is 41.7 Å². The molecule has 0 aliphatic carbocycles. The molecule has 4 rings (SSSR count). The summed E-state index contributed by atoms with van der Waals surface area (Å²) in [7, 11) is -0.637. The maximum atomic E-state index is 14.9. The van der Waals surface area contributed by atoms with Crippen molar-refractivity contribution in [3.05, 3.63) is 69.9 Å². The van der Waals surface area contributed by atoms with Gasteiger partial charge < -0.3 is 15.8 Å². The van der Waals surface area contributed by atoms with Gasteiger partial charge in [0.25, 0.3) is 6.43 Å². The van der Waals surface area contributed by atoms with Crippen LogP contribution in [0, 0.1) is 5.82 Å². The summed E-state index contributed by atoms with van der Waals surface area (Å²) in [5.74, 6) is -1.10.